The number of nitrogens with two attached hydrogens (primary N) is 1. The molecule has 0 atom stereocenters. The SMILES string of the molecule is CCCCCCCCCCOCCOCCOCCOCCC(N)=NO. The van der Waals surface area contributed by atoms with Crippen LogP contribution >= 0.6 is 0 Å². The number of rotatable bonds is 21. The van der Waals surface area contributed by atoms with Gasteiger partial charge in [-0.05, 0) is 6.42 Å². The summed E-state index contributed by atoms with van der Waals surface area (Å²) < 4.78 is 21.6. The van der Waals surface area contributed by atoms with E-state index in [1.165, 1.54) is 44.9 Å². The van der Waals surface area contributed by atoms with E-state index in [4.69, 9.17) is 29.9 Å². The molecule has 0 aliphatic heterocycles. The van der Waals surface area contributed by atoms with Crippen LogP contribution in [0.15, 0.2) is 5.16 Å². The average Bonchev–Trinajstić information content (AvgIpc) is 2.66. The van der Waals surface area contributed by atoms with E-state index in [9.17, 15) is 0 Å². The van der Waals surface area contributed by atoms with Gasteiger partial charge < -0.3 is 29.9 Å². The summed E-state index contributed by atoms with van der Waals surface area (Å²) in [6.07, 6.45) is 11.0. The molecule has 0 fully saturated rings. The van der Waals surface area contributed by atoms with Gasteiger partial charge in [-0.3, -0.25) is 0 Å². The van der Waals surface area contributed by atoms with Crippen LogP contribution in [0.1, 0.15) is 64.7 Å². The minimum atomic E-state index is 0.170. The zero-order chi connectivity index (χ0) is 19.1. The molecular formula is C19H40N2O5. The molecule has 0 saturated heterocycles. The third-order valence-electron chi connectivity index (χ3n) is 3.89. The van der Waals surface area contributed by atoms with Gasteiger partial charge in [-0.25, -0.2) is 0 Å². The van der Waals surface area contributed by atoms with Crippen molar-refractivity contribution in [1.29, 1.82) is 0 Å². The van der Waals surface area contributed by atoms with E-state index in [1.807, 2.05) is 0 Å². The molecule has 0 unspecified atom stereocenters. The van der Waals surface area contributed by atoms with Crippen molar-refractivity contribution < 1.29 is 24.2 Å². The number of hydrogen-bond donors (Lipinski definition) is 2. The normalized spacial score (nSPS) is 12.0. The van der Waals surface area contributed by atoms with Gasteiger partial charge in [-0.2, -0.15) is 0 Å². The number of nitrogens with zero attached hydrogens (tertiary/aromatic N) is 1. The van der Waals surface area contributed by atoms with Crippen LogP contribution in [0.5, 0.6) is 0 Å². The first-order valence-corrected chi connectivity index (χ1v) is 10.1. The Morgan fingerprint density at radius 3 is 1.58 bits per heavy atom. The molecular weight excluding hydrogens is 336 g/mol. The number of amidine groups is 1. The highest BCUT2D eigenvalue weighted by Crippen LogP contribution is 2.08. The number of ether oxygens (including phenoxy) is 4. The lowest BCUT2D eigenvalue weighted by Gasteiger charge is -2.07. The van der Waals surface area contributed by atoms with Crippen LogP contribution in [0.25, 0.3) is 0 Å². The zero-order valence-corrected chi connectivity index (χ0v) is 16.6. The van der Waals surface area contributed by atoms with Crippen molar-refractivity contribution in [3.05, 3.63) is 0 Å². The van der Waals surface area contributed by atoms with Crippen molar-refractivity contribution in [1.82, 2.24) is 0 Å². The lowest BCUT2D eigenvalue weighted by molar-refractivity contribution is -0.00150. The van der Waals surface area contributed by atoms with Crippen molar-refractivity contribution in [3.63, 3.8) is 0 Å². The predicted molar refractivity (Wildman–Crippen MR) is 104 cm³/mol. The Balaban J connectivity index is 3.01. The molecule has 0 aliphatic carbocycles. The van der Waals surface area contributed by atoms with E-state index in [1.54, 1.807) is 0 Å². The van der Waals surface area contributed by atoms with Crippen LogP contribution in [0.2, 0.25) is 0 Å². The van der Waals surface area contributed by atoms with Gasteiger partial charge >= 0.3 is 0 Å². The van der Waals surface area contributed by atoms with E-state index in [0.29, 0.717) is 52.7 Å². The minimum Gasteiger partial charge on any atom is -0.409 e. The van der Waals surface area contributed by atoms with Gasteiger partial charge in [0.05, 0.1) is 46.2 Å². The Hall–Kier alpha value is -0.890. The van der Waals surface area contributed by atoms with E-state index in [-0.39, 0.29) is 5.84 Å². The summed E-state index contributed by atoms with van der Waals surface area (Å²) >= 11 is 0. The third-order valence-corrected chi connectivity index (χ3v) is 3.89. The topological polar surface area (TPSA) is 95.5 Å². The quantitative estimate of drug-likeness (QED) is 0.105. The third kappa shape index (κ3) is 21.2. The maximum Gasteiger partial charge on any atom is 0.141 e. The van der Waals surface area contributed by atoms with Crippen molar-refractivity contribution in [2.45, 2.75) is 64.7 Å². The fourth-order valence-electron chi connectivity index (χ4n) is 2.33. The molecule has 0 aromatic carbocycles. The molecule has 26 heavy (non-hydrogen) atoms. The monoisotopic (exact) mass is 376 g/mol. The Morgan fingerprint density at radius 1 is 0.654 bits per heavy atom. The molecule has 0 spiro atoms. The smallest absolute Gasteiger partial charge is 0.141 e. The molecule has 3 N–H and O–H groups in total. The van der Waals surface area contributed by atoms with Crippen LogP contribution in [0.4, 0.5) is 0 Å². The Bertz CT molecular complexity index is 304. The van der Waals surface area contributed by atoms with Gasteiger partial charge in [0.2, 0.25) is 0 Å². The van der Waals surface area contributed by atoms with Crippen LogP contribution in [0, 0.1) is 0 Å². The molecule has 0 aliphatic rings. The lowest BCUT2D eigenvalue weighted by Crippen LogP contribution is -2.16. The van der Waals surface area contributed by atoms with Gasteiger partial charge in [0, 0.05) is 13.0 Å². The molecule has 0 aromatic heterocycles. The van der Waals surface area contributed by atoms with Crippen LogP contribution in [0.3, 0.4) is 0 Å². The average molecular weight is 377 g/mol. The zero-order valence-electron chi connectivity index (χ0n) is 16.6. The standard InChI is InChI=1S/C19H40N2O5/c1-2-3-4-5-6-7-8-9-11-23-13-15-25-17-18-26-16-14-24-12-10-19(20)21-22/h22H,2-18H2,1H3,(H2,20,21). The predicted octanol–water partition coefficient (Wildman–Crippen LogP) is 3.33. The minimum absolute atomic E-state index is 0.170. The molecule has 0 saturated carbocycles. The van der Waals surface area contributed by atoms with Crippen LogP contribution < -0.4 is 5.73 Å². The van der Waals surface area contributed by atoms with Crippen molar-refractivity contribution in [3.8, 4) is 0 Å². The molecule has 0 bridgehead atoms. The molecule has 156 valence electrons. The number of oxime groups is 1. The summed E-state index contributed by atoms with van der Waals surface area (Å²) in [6, 6.07) is 0. The first kappa shape index (κ1) is 25.1. The molecule has 0 rings (SSSR count). The summed E-state index contributed by atoms with van der Waals surface area (Å²) in [7, 11) is 0. The molecule has 0 heterocycles. The van der Waals surface area contributed by atoms with Gasteiger partial charge in [0.1, 0.15) is 5.84 Å². The van der Waals surface area contributed by atoms with Crippen molar-refractivity contribution >= 4 is 5.84 Å². The molecule has 7 heteroatoms. The second-order valence-electron chi connectivity index (χ2n) is 6.27. The van der Waals surface area contributed by atoms with Crippen LogP contribution in [-0.2, 0) is 18.9 Å². The fourth-order valence-corrected chi connectivity index (χ4v) is 2.33. The van der Waals surface area contributed by atoms with Gasteiger partial charge in [0.25, 0.3) is 0 Å². The van der Waals surface area contributed by atoms with Gasteiger partial charge in [0.15, 0.2) is 0 Å². The van der Waals surface area contributed by atoms with Gasteiger partial charge in [-0.15, -0.1) is 0 Å². The van der Waals surface area contributed by atoms with E-state index in [2.05, 4.69) is 12.1 Å². The number of hydrogen-bond acceptors (Lipinski definition) is 6. The van der Waals surface area contributed by atoms with E-state index in [0.717, 1.165) is 13.0 Å². The highest BCUT2D eigenvalue weighted by atomic mass is 16.6. The largest absolute Gasteiger partial charge is 0.409 e. The van der Waals surface area contributed by atoms with E-state index >= 15 is 0 Å². The van der Waals surface area contributed by atoms with Crippen molar-refractivity contribution in [2.24, 2.45) is 10.9 Å². The Kier molecular flexibility index (Phi) is 21.4. The highest BCUT2D eigenvalue weighted by Gasteiger charge is 1.95. The first-order chi connectivity index (χ1) is 12.8. The molecule has 0 aromatic rings. The lowest BCUT2D eigenvalue weighted by atomic mass is 10.1. The second-order valence-corrected chi connectivity index (χ2v) is 6.27. The van der Waals surface area contributed by atoms with E-state index < -0.39 is 0 Å². The number of unbranched alkanes of at least 4 members (excludes halogenated alkanes) is 7. The molecule has 0 amide bonds. The maximum atomic E-state index is 8.35. The first-order valence-electron chi connectivity index (χ1n) is 10.1. The highest BCUT2D eigenvalue weighted by molar-refractivity contribution is 5.79. The van der Waals surface area contributed by atoms with Crippen LogP contribution in [-0.4, -0.2) is 63.9 Å². The summed E-state index contributed by atoms with van der Waals surface area (Å²) in [5, 5.41) is 11.2. The summed E-state index contributed by atoms with van der Waals surface area (Å²) in [5.41, 5.74) is 5.32. The second kappa shape index (κ2) is 22.2. The van der Waals surface area contributed by atoms with Crippen molar-refractivity contribution in [2.75, 3.05) is 52.9 Å². The fraction of sp³-hybridized carbons (Fsp3) is 0.947. The Morgan fingerprint density at radius 2 is 1.08 bits per heavy atom. The molecule has 7 nitrogen and oxygen atoms in total. The Labute approximate surface area is 159 Å². The van der Waals surface area contributed by atoms with Gasteiger partial charge in [-0.1, -0.05) is 57.0 Å². The summed E-state index contributed by atoms with van der Waals surface area (Å²) in [6.45, 7) is 6.86. The summed E-state index contributed by atoms with van der Waals surface area (Å²) in [5.74, 6) is 0.170. The molecule has 0 radical (unpaired) electrons. The summed E-state index contributed by atoms with van der Waals surface area (Å²) in [4.78, 5) is 0. The maximum absolute atomic E-state index is 8.35.